The van der Waals surface area contributed by atoms with E-state index in [1.165, 1.54) is 17.3 Å². The topological polar surface area (TPSA) is 59.8 Å². The van der Waals surface area contributed by atoms with E-state index < -0.39 is 0 Å². The summed E-state index contributed by atoms with van der Waals surface area (Å²) < 4.78 is 1.87. The average Bonchev–Trinajstić information content (AvgIpc) is 3.10. The summed E-state index contributed by atoms with van der Waals surface area (Å²) in [6.45, 7) is 6.38. The Morgan fingerprint density at radius 2 is 1.97 bits per heavy atom. The van der Waals surface area contributed by atoms with Gasteiger partial charge in [0.05, 0.1) is 10.8 Å². The van der Waals surface area contributed by atoms with Crippen LogP contribution in [0.1, 0.15) is 12.5 Å². The predicted molar refractivity (Wildman–Crippen MR) is 121 cm³/mol. The molecule has 0 saturated heterocycles. The quantitative estimate of drug-likeness (QED) is 0.354. The summed E-state index contributed by atoms with van der Waals surface area (Å²) in [7, 11) is 0. The van der Waals surface area contributed by atoms with Gasteiger partial charge in [-0.3, -0.25) is 9.36 Å². The third-order valence-corrected chi connectivity index (χ3v) is 5.69. The summed E-state index contributed by atoms with van der Waals surface area (Å²) in [5.74, 6) is 0.696. The second kappa shape index (κ2) is 9.96. The number of halogens is 2. The van der Waals surface area contributed by atoms with Crippen LogP contribution in [0.3, 0.4) is 0 Å². The Bertz CT molecular complexity index is 1020. The minimum absolute atomic E-state index is 0.113. The molecule has 0 bridgehead atoms. The number of rotatable bonds is 8. The summed E-state index contributed by atoms with van der Waals surface area (Å²) >= 11 is 13.6. The lowest BCUT2D eigenvalue weighted by Gasteiger charge is -2.09. The second-order valence-corrected chi connectivity index (χ2v) is 8.00. The highest BCUT2D eigenvalue weighted by molar-refractivity contribution is 7.99. The van der Waals surface area contributed by atoms with E-state index in [4.69, 9.17) is 23.2 Å². The van der Waals surface area contributed by atoms with E-state index in [2.05, 4.69) is 29.0 Å². The third kappa shape index (κ3) is 5.41. The minimum atomic E-state index is -0.113. The zero-order valence-electron chi connectivity index (χ0n) is 15.9. The molecule has 150 valence electrons. The Labute approximate surface area is 184 Å². The monoisotopic (exact) mass is 446 g/mol. The molecule has 1 N–H and O–H groups in total. The van der Waals surface area contributed by atoms with E-state index in [1.54, 1.807) is 24.3 Å². The van der Waals surface area contributed by atoms with Crippen LogP contribution < -0.4 is 5.32 Å². The molecular weight excluding hydrogens is 427 g/mol. The van der Waals surface area contributed by atoms with Crippen molar-refractivity contribution in [3.63, 3.8) is 0 Å². The second-order valence-electron chi connectivity index (χ2n) is 6.22. The van der Waals surface area contributed by atoms with Crippen molar-refractivity contribution in [2.45, 2.75) is 25.0 Å². The Balaban J connectivity index is 1.72. The molecule has 1 heterocycles. The zero-order valence-corrected chi connectivity index (χ0v) is 18.2. The molecule has 2 aromatic carbocycles. The number of carbonyl (C=O) groups is 1. The average molecular weight is 447 g/mol. The SMILES string of the molecule is C=CCn1c(SCC(=O)Nc2ccc(CC)cc2)nnc1-c1ccc(Cl)cc1Cl. The summed E-state index contributed by atoms with van der Waals surface area (Å²) in [5, 5.41) is 13.0. The van der Waals surface area contributed by atoms with Gasteiger partial charge < -0.3 is 5.32 Å². The van der Waals surface area contributed by atoms with Crippen LogP contribution in [0.15, 0.2) is 60.3 Å². The number of carbonyl (C=O) groups excluding carboxylic acids is 1. The van der Waals surface area contributed by atoms with Crippen LogP contribution in [-0.4, -0.2) is 26.4 Å². The number of aryl methyl sites for hydroxylation is 1. The Morgan fingerprint density at radius 1 is 1.21 bits per heavy atom. The third-order valence-electron chi connectivity index (χ3n) is 4.18. The lowest BCUT2D eigenvalue weighted by Crippen LogP contribution is -2.14. The molecule has 29 heavy (non-hydrogen) atoms. The highest BCUT2D eigenvalue weighted by Gasteiger charge is 2.17. The van der Waals surface area contributed by atoms with Crippen LogP contribution in [0.5, 0.6) is 0 Å². The van der Waals surface area contributed by atoms with Gasteiger partial charge in [-0.05, 0) is 42.3 Å². The highest BCUT2D eigenvalue weighted by Crippen LogP contribution is 2.31. The maximum Gasteiger partial charge on any atom is 0.234 e. The van der Waals surface area contributed by atoms with Crippen LogP contribution in [0.25, 0.3) is 11.4 Å². The molecule has 8 heteroatoms. The summed E-state index contributed by atoms with van der Waals surface area (Å²) in [6.07, 6.45) is 2.71. The number of aromatic nitrogens is 3. The number of allylic oxidation sites excluding steroid dienone is 1. The minimum Gasteiger partial charge on any atom is -0.325 e. The first-order valence-electron chi connectivity index (χ1n) is 9.03. The van der Waals surface area contributed by atoms with Crippen LogP contribution in [0, 0.1) is 0 Å². The molecule has 0 aliphatic rings. The summed E-state index contributed by atoms with van der Waals surface area (Å²) in [6, 6.07) is 13.0. The molecule has 3 aromatic rings. The van der Waals surface area contributed by atoms with Gasteiger partial charge in [0.25, 0.3) is 0 Å². The van der Waals surface area contributed by atoms with E-state index in [9.17, 15) is 4.79 Å². The van der Waals surface area contributed by atoms with Crippen molar-refractivity contribution in [3.8, 4) is 11.4 Å². The molecule has 0 saturated carbocycles. The lowest BCUT2D eigenvalue weighted by molar-refractivity contribution is -0.113. The maximum absolute atomic E-state index is 12.3. The first-order valence-corrected chi connectivity index (χ1v) is 10.8. The van der Waals surface area contributed by atoms with Crippen LogP contribution in [-0.2, 0) is 17.8 Å². The molecule has 0 aliphatic heterocycles. The molecule has 0 radical (unpaired) electrons. The fourth-order valence-electron chi connectivity index (χ4n) is 2.71. The van der Waals surface area contributed by atoms with Gasteiger partial charge in [0.2, 0.25) is 5.91 Å². The number of benzene rings is 2. The van der Waals surface area contributed by atoms with Crippen LogP contribution >= 0.6 is 35.0 Å². The Kier molecular flexibility index (Phi) is 7.36. The molecule has 5 nitrogen and oxygen atoms in total. The molecule has 0 atom stereocenters. The largest absolute Gasteiger partial charge is 0.325 e. The molecule has 0 unspecified atom stereocenters. The lowest BCUT2D eigenvalue weighted by atomic mass is 10.1. The fraction of sp³-hybridized carbons (Fsp3) is 0.190. The van der Waals surface area contributed by atoms with E-state index in [1.807, 2.05) is 28.8 Å². The number of thioether (sulfide) groups is 1. The Morgan fingerprint density at radius 3 is 2.62 bits per heavy atom. The number of nitrogens with one attached hydrogen (secondary N) is 1. The zero-order chi connectivity index (χ0) is 20.8. The number of nitrogens with zero attached hydrogens (tertiary/aromatic N) is 3. The van der Waals surface area contributed by atoms with Gasteiger partial charge in [-0.25, -0.2) is 0 Å². The van der Waals surface area contributed by atoms with Gasteiger partial charge in [0.1, 0.15) is 0 Å². The van der Waals surface area contributed by atoms with Gasteiger partial charge in [0, 0.05) is 22.8 Å². The van der Waals surface area contributed by atoms with Crippen LogP contribution in [0.4, 0.5) is 5.69 Å². The standard InChI is InChI=1S/C21H20Cl2N4OS/c1-3-11-27-20(17-10-7-15(22)12-18(17)23)25-26-21(27)29-13-19(28)24-16-8-5-14(4-2)6-9-16/h3,5-10,12H,1,4,11,13H2,2H3,(H,24,28). The van der Waals surface area contributed by atoms with E-state index in [0.717, 1.165) is 17.7 Å². The summed E-state index contributed by atoms with van der Waals surface area (Å²) in [4.78, 5) is 12.3. The number of amides is 1. The smallest absolute Gasteiger partial charge is 0.234 e. The summed E-state index contributed by atoms with van der Waals surface area (Å²) in [5.41, 5.74) is 2.72. The fourth-order valence-corrected chi connectivity index (χ4v) is 3.95. The van der Waals surface area contributed by atoms with Crippen molar-refractivity contribution < 1.29 is 4.79 Å². The maximum atomic E-state index is 12.3. The van der Waals surface area contributed by atoms with Gasteiger partial charge in [0.15, 0.2) is 11.0 Å². The van der Waals surface area contributed by atoms with E-state index in [0.29, 0.717) is 27.6 Å². The van der Waals surface area contributed by atoms with Crippen molar-refractivity contribution in [1.29, 1.82) is 0 Å². The molecule has 0 fully saturated rings. The molecule has 1 aromatic heterocycles. The van der Waals surface area contributed by atoms with Crippen LogP contribution in [0.2, 0.25) is 10.0 Å². The Hall–Kier alpha value is -2.28. The van der Waals surface area contributed by atoms with Crippen molar-refractivity contribution in [2.75, 3.05) is 11.1 Å². The normalized spacial score (nSPS) is 10.7. The van der Waals surface area contributed by atoms with Gasteiger partial charge >= 0.3 is 0 Å². The van der Waals surface area contributed by atoms with Crippen molar-refractivity contribution >= 4 is 46.6 Å². The molecule has 0 aliphatic carbocycles. The first kappa shape index (κ1) is 21.4. The first-order chi connectivity index (χ1) is 14.0. The highest BCUT2D eigenvalue weighted by atomic mass is 35.5. The van der Waals surface area contributed by atoms with Crippen molar-refractivity contribution in [3.05, 3.63) is 70.7 Å². The number of hydrogen-bond donors (Lipinski definition) is 1. The number of hydrogen-bond acceptors (Lipinski definition) is 4. The predicted octanol–water partition coefficient (Wildman–Crippen LogP) is 5.73. The van der Waals surface area contributed by atoms with Gasteiger partial charge in [-0.15, -0.1) is 16.8 Å². The van der Waals surface area contributed by atoms with E-state index in [-0.39, 0.29) is 11.7 Å². The molecular formula is C21H20Cl2N4OS. The molecule has 3 rings (SSSR count). The van der Waals surface area contributed by atoms with Gasteiger partial charge in [-0.2, -0.15) is 0 Å². The molecule has 1 amide bonds. The molecule has 0 spiro atoms. The van der Waals surface area contributed by atoms with Crippen molar-refractivity contribution in [2.24, 2.45) is 0 Å². The van der Waals surface area contributed by atoms with Gasteiger partial charge in [-0.1, -0.05) is 60.1 Å². The van der Waals surface area contributed by atoms with Crippen molar-refractivity contribution in [1.82, 2.24) is 14.8 Å². The van der Waals surface area contributed by atoms with E-state index >= 15 is 0 Å². The number of anilines is 1.